The lowest BCUT2D eigenvalue weighted by Gasteiger charge is -2.25. The number of hydrogen-bond acceptors (Lipinski definition) is 7. The standard InChI is InChI=1S/C15H13BrClF3N2O3S.C13H9BrClF3N2O2S/c1-9-3-4-11(6-12(9)15(18,19)20)26(23,24)22(8-25-2)13-5-10(17)7-21-14(13)16;1-7-2-3-9(5-10(7)13(16,17)18)23(21,22)20-11-4-8(15)6-19-12(11)14/h3-7H,8H2,1-2H3;2-6,20H,1H3. The summed E-state index contributed by atoms with van der Waals surface area (Å²) in [6, 6.07) is 8.19. The number of alkyl halides is 6. The summed E-state index contributed by atoms with van der Waals surface area (Å²) in [7, 11) is -7.35. The molecule has 2 aromatic heterocycles. The van der Waals surface area contributed by atoms with Crippen LogP contribution in [0.15, 0.2) is 79.9 Å². The summed E-state index contributed by atoms with van der Waals surface area (Å²) in [5, 5.41) is 0.324. The van der Waals surface area contributed by atoms with Crippen LogP contribution in [0.5, 0.6) is 0 Å². The van der Waals surface area contributed by atoms with Gasteiger partial charge in [0.15, 0.2) is 0 Å². The second-order valence-corrected chi connectivity index (χ2v) is 15.7. The smallest absolute Gasteiger partial charge is 0.363 e. The number of benzene rings is 2. The predicted molar refractivity (Wildman–Crippen MR) is 179 cm³/mol. The zero-order chi connectivity index (χ0) is 37.1. The highest BCUT2D eigenvalue weighted by Crippen LogP contribution is 2.37. The van der Waals surface area contributed by atoms with Crippen LogP contribution < -0.4 is 9.03 Å². The van der Waals surface area contributed by atoms with Crippen LogP contribution in [0, 0.1) is 13.8 Å². The number of halogens is 10. The molecule has 0 bridgehead atoms. The third kappa shape index (κ3) is 10.2. The first kappa shape index (κ1) is 40.7. The van der Waals surface area contributed by atoms with Crippen molar-refractivity contribution in [3.63, 3.8) is 0 Å². The number of rotatable bonds is 8. The van der Waals surface area contributed by atoms with E-state index >= 15 is 0 Å². The van der Waals surface area contributed by atoms with Gasteiger partial charge in [0.2, 0.25) is 0 Å². The monoisotopic (exact) mass is 900 g/mol. The summed E-state index contributed by atoms with van der Waals surface area (Å²) >= 11 is 17.7. The molecule has 0 fully saturated rings. The zero-order valence-electron chi connectivity index (χ0n) is 25.0. The van der Waals surface area contributed by atoms with Crippen molar-refractivity contribution in [3.05, 3.63) is 102 Å². The minimum atomic E-state index is -4.68. The normalized spacial score (nSPS) is 12.3. The van der Waals surface area contributed by atoms with Crippen molar-refractivity contribution >= 4 is 86.5 Å². The van der Waals surface area contributed by atoms with Gasteiger partial charge in [0.05, 0.1) is 42.3 Å². The van der Waals surface area contributed by atoms with Crippen molar-refractivity contribution in [1.29, 1.82) is 0 Å². The first-order valence-corrected chi connectivity index (χ1v) is 18.3. The Bertz CT molecular complexity index is 2070. The molecule has 0 atom stereocenters. The van der Waals surface area contributed by atoms with Crippen molar-refractivity contribution in [2.45, 2.75) is 36.0 Å². The Morgan fingerprint density at radius 2 is 1.24 bits per heavy atom. The first-order chi connectivity index (χ1) is 22.5. The predicted octanol–water partition coefficient (Wildman–Crippen LogP) is 9.25. The molecule has 0 amide bonds. The van der Waals surface area contributed by atoms with Gasteiger partial charge in [0, 0.05) is 19.5 Å². The lowest BCUT2D eigenvalue weighted by atomic mass is 10.1. The number of aromatic nitrogens is 2. The highest BCUT2D eigenvalue weighted by atomic mass is 79.9. The van der Waals surface area contributed by atoms with Crippen molar-refractivity contribution in [2.24, 2.45) is 0 Å². The van der Waals surface area contributed by atoms with Crippen LogP contribution >= 0.6 is 55.1 Å². The maximum atomic E-state index is 13.1. The summed E-state index contributed by atoms with van der Waals surface area (Å²) < 4.78 is 137. The first-order valence-electron chi connectivity index (χ1n) is 13.0. The number of anilines is 2. The fraction of sp³-hybridized carbons (Fsp3) is 0.214. The van der Waals surface area contributed by atoms with Crippen LogP contribution in [0.2, 0.25) is 10.0 Å². The number of pyridine rings is 2. The van der Waals surface area contributed by atoms with Gasteiger partial charge in [-0.3, -0.25) is 4.72 Å². The van der Waals surface area contributed by atoms with Crippen molar-refractivity contribution in [2.75, 3.05) is 22.9 Å². The Hall–Kier alpha value is -2.68. The van der Waals surface area contributed by atoms with Gasteiger partial charge in [-0.2, -0.15) is 26.3 Å². The van der Waals surface area contributed by atoms with Gasteiger partial charge in [-0.1, -0.05) is 35.3 Å². The van der Waals surface area contributed by atoms with E-state index in [1.54, 1.807) is 0 Å². The molecule has 9 nitrogen and oxygen atoms in total. The van der Waals surface area contributed by atoms with Crippen LogP contribution in [0.4, 0.5) is 37.7 Å². The largest absolute Gasteiger partial charge is 0.416 e. The maximum absolute atomic E-state index is 13.1. The molecule has 4 aromatic rings. The van der Waals surface area contributed by atoms with E-state index in [4.69, 9.17) is 27.9 Å². The van der Waals surface area contributed by atoms with Crippen molar-refractivity contribution in [3.8, 4) is 0 Å². The Kier molecular flexibility index (Phi) is 13.0. The van der Waals surface area contributed by atoms with E-state index in [-0.39, 0.29) is 41.8 Å². The molecular formula is C28H22Br2Cl2F6N4O5S2. The van der Waals surface area contributed by atoms with E-state index in [0.29, 0.717) is 12.1 Å². The van der Waals surface area contributed by atoms with Crippen LogP contribution in [-0.2, 0) is 37.1 Å². The molecule has 0 radical (unpaired) electrons. The Balaban J connectivity index is 0.000000267. The SMILES string of the molecule is COCN(c1cc(Cl)cnc1Br)S(=O)(=O)c1ccc(C)c(C(F)(F)F)c1.Cc1ccc(S(=O)(=O)Nc2cc(Cl)cnc2Br)cc1C(F)(F)F. The molecule has 21 heteroatoms. The van der Waals surface area contributed by atoms with Crippen molar-refractivity contribution < 1.29 is 47.9 Å². The highest BCUT2D eigenvalue weighted by molar-refractivity contribution is 9.10. The van der Waals surface area contributed by atoms with E-state index in [1.165, 1.54) is 45.5 Å². The summed E-state index contributed by atoms with van der Waals surface area (Å²) in [4.78, 5) is 6.67. The molecule has 0 spiro atoms. The molecule has 0 aliphatic rings. The lowest BCUT2D eigenvalue weighted by molar-refractivity contribution is -0.139. The van der Waals surface area contributed by atoms with E-state index in [2.05, 4.69) is 46.5 Å². The molecule has 4 rings (SSSR count). The minimum absolute atomic E-state index is 0.0200. The summed E-state index contributed by atoms with van der Waals surface area (Å²) in [5.41, 5.74) is -2.13. The third-order valence-corrected chi connectivity index (χ3v) is 11.0. The van der Waals surface area contributed by atoms with Gasteiger partial charge in [0.25, 0.3) is 20.0 Å². The zero-order valence-corrected chi connectivity index (χ0v) is 31.3. The number of sulfonamides is 2. The van der Waals surface area contributed by atoms with E-state index in [9.17, 15) is 43.2 Å². The molecule has 266 valence electrons. The molecule has 2 heterocycles. The topological polar surface area (TPSA) is 119 Å². The van der Waals surface area contributed by atoms with Gasteiger partial charge in [-0.25, -0.2) is 31.1 Å². The molecule has 0 aliphatic heterocycles. The molecule has 0 saturated heterocycles. The summed E-state index contributed by atoms with van der Waals surface area (Å²) in [6.45, 7) is 2.06. The van der Waals surface area contributed by atoms with E-state index < -0.39 is 60.0 Å². The van der Waals surface area contributed by atoms with Crippen LogP contribution in [0.25, 0.3) is 0 Å². The molecule has 2 aromatic carbocycles. The fourth-order valence-corrected chi connectivity index (χ4v) is 7.73. The Morgan fingerprint density at radius 1 is 0.776 bits per heavy atom. The van der Waals surface area contributed by atoms with Gasteiger partial charge in [-0.05, 0) is 93.2 Å². The number of nitrogens with zero attached hydrogens (tertiary/aromatic N) is 3. The lowest BCUT2D eigenvalue weighted by Crippen LogP contribution is -2.33. The number of hydrogen-bond donors (Lipinski definition) is 1. The molecule has 1 N–H and O–H groups in total. The second-order valence-electron chi connectivity index (χ2n) is 9.78. The Labute approximate surface area is 304 Å². The number of aryl methyl sites for hydroxylation is 2. The van der Waals surface area contributed by atoms with Crippen LogP contribution in [0.3, 0.4) is 0 Å². The highest BCUT2D eigenvalue weighted by Gasteiger charge is 2.36. The van der Waals surface area contributed by atoms with Gasteiger partial charge in [-0.15, -0.1) is 0 Å². The maximum Gasteiger partial charge on any atom is 0.416 e. The number of nitrogens with one attached hydrogen (secondary N) is 1. The average molecular weight is 903 g/mol. The quantitative estimate of drug-likeness (QED) is 0.106. The van der Waals surface area contributed by atoms with E-state index in [1.807, 2.05) is 0 Å². The summed E-state index contributed by atoms with van der Waals surface area (Å²) in [5.74, 6) is 0. The van der Waals surface area contributed by atoms with Gasteiger partial charge < -0.3 is 4.74 Å². The van der Waals surface area contributed by atoms with Gasteiger partial charge >= 0.3 is 12.4 Å². The fourth-order valence-electron chi connectivity index (χ4n) is 3.94. The minimum Gasteiger partial charge on any atom is -0.363 e. The Morgan fingerprint density at radius 3 is 1.76 bits per heavy atom. The molecule has 0 saturated carbocycles. The number of methoxy groups -OCH3 is 1. The summed E-state index contributed by atoms with van der Waals surface area (Å²) in [6.07, 6.45) is -6.74. The number of ether oxygens (including phenoxy) is 1. The molecule has 49 heavy (non-hydrogen) atoms. The van der Waals surface area contributed by atoms with Gasteiger partial charge in [0.1, 0.15) is 15.9 Å². The van der Waals surface area contributed by atoms with E-state index in [0.717, 1.165) is 28.6 Å². The van der Waals surface area contributed by atoms with Crippen LogP contribution in [0.1, 0.15) is 22.3 Å². The second kappa shape index (κ2) is 15.7. The average Bonchev–Trinajstić information content (AvgIpc) is 2.98. The molecule has 0 unspecified atom stereocenters. The third-order valence-electron chi connectivity index (χ3n) is 6.28. The van der Waals surface area contributed by atoms with Crippen molar-refractivity contribution in [1.82, 2.24) is 9.97 Å². The molecule has 0 aliphatic carbocycles. The molecular weight excluding hydrogens is 881 g/mol. The van der Waals surface area contributed by atoms with Crippen LogP contribution in [-0.4, -0.2) is 40.6 Å².